The highest BCUT2D eigenvalue weighted by Gasteiger charge is 2.34. The first-order valence-corrected chi connectivity index (χ1v) is 8.60. The lowest BCUT2D eigenvalue weighted by Crippen LogP contribution is -2.40. The Bertz CT molecular complexity index is 688. The summed E-state index contributed by atoms with van der Waals surface area (Å²) in [5, 5.41) is 0. The Kier molecular flexibility index (Phi) is 5.30. The van der Waals surface area contributed by atoms with Crippen molar-refractivity contribution in [3.63, 3.8) is 0 Å². The van der Waals surface area contributed by atoms with Gasteiger partial charge in [0.05, 0.1) is 0 Å². The predicted molar refractivity (Wildman–Crippen MR) is 93.1 cm³/mol. The van der Waals surface area contributed by atoms with Gasteiger partial charge in [-0.3, -0.25) is 29.0 Å². The molecule has 0 fully saturated rings. The van der Waals surface area contributed by atoms with Gasteiger partial charge in [0.2, 0.25) is 0 Å². The molecule has 25 heavy (non-hydrogen) atoms. The smallest absolute Gasteiger partial charge is 0.256 e. The van der Waals surface area contributed by atoms with Crippen molar-refractivity contribution < 1.29 is 19.2 Å². The van der Waals surface area contributed by atoms with Gasteiger partial charge in [-0.15, -0.1) is 0 Å². The van der Waals surface area contributed by atoms with Crippen molar-refractivity contribution in [1.82, 2.24) is 9.80 Å². The topological polar surface area (TPSA) is 74.8 Å². The van der Waals surface area contributed by atoms with Gasteiger partial charge in [-0.1, -0.05) is 20.8 Å². The molecule has 0 saturated carbocycles. The van der Waals surface area contributed by atoms with E-state index >= 15 is 0 Å². The number of amides is 4. The molecule has 2 aliphatic rings. The summed E-state index contributed by atoms with van der Waals surface area (Å²) in [6.45, 7) is 10.2. The molecule has 0 saturated heterocycles. The fourth-order valence-electron chi connectivity index (χ4n) is 3.52. The second kappa shape index (κ2) is 6.94. The Morgan fingerprint density at radius 3 is 1.84 bits per heavy atom. The molecule has 0 aliphatic carbocycles. The summed E-state index contributed by atoms with van der Waals surface area (Å²) < 4.78 is 0. The van der Waals surface area contributed by atoms with Crippen molar-refractivity contribution in [2.24, 2.45) is 11.3 Å². The fourth-order valence-corrected chi connectivity index (χ4v) is 3.52. The van der Waals surface area contributed by atoms with Gasteiger partial charge < -0.3 is 0 Å². The lowest BCUT2D eigenvalue weighted by molar-refractivity contribution is -0.140. The van der Waals surface area contributed by atoms with Crippen LogP contribution < -0.4 is 0 Å². The molecule has 0 bridgehead atoms. The van der Waals surface area contributed by atoms with Crippen molar-refractivity contribution in [2.45, 2.75) is 47.5 Å². The SMILES string of the molecule is CC1=CC(=O)N(CCC(C)CC(C)(C)CN2C(=O)C=C(C)C2=O)C1=O. The number of rotatable bonds is 7. The zero-order chi connectivity index (χ0) is 18.9. The molecule has 2 rings (SSSR count). The summed E-state index contributed by atoms with van der Waals surface area (Å²) in [5.41, 5.74) is 0.714. The molecule has 1 unspecified atom stereocenters. The molecule has 0 spiro atoms. The lowest BCUT2D eigenvalue weighted by Gasteiger charge is -2.32. The Labute approximate surface area is 148 Å². The summed E-state index contributed by atoms with van der Waals surface area (Å²) >= 11 is 0. The van der Waals surface area contributed by atoms with Crippen LogP contribution in [0.15, 0.2) is 23.3 Å². The zero-order valence-electron chi connectivity index (χ0n) is 15.6. The number of carbonyl (C=O) groups excluding carboxylic acids is 4. The average Bonchev–Trinajstić information content (AvgIpc) is 2.86. The normalized spacial score (nSPS) is 19.7. The Morgan fingerprint density at radius 2 is 1.40 bits per heavy atom. The third kappa shape index (κ3) is 4.24. The molecule has 1 atom stereocenters. The standard InChI is InChI=1S/C19H26N2O4/c1-12(6-7-20-15(22)8-13(2)17(20)24)10-19(4,5)11-21-16(23)9-14(3)18(21)25/h8-9,12H,6-7,10-11H2,1-5H3. The van der Waals surface area contributed by atoms with Gasteiger partial charge in [0.1, 0.15) is 0 Å². The van der Waals surface area contributed by atoms with Gasteiger partial charge in [0, 0.05) is 36.4 Å². The maximum Gasteiger partial charge on any atom is 0.256 e. The molecule has 6 nitrogen and oxygen atoms in total. The minimum Gasteiger partial charge on any atom is -0.275 e. The van der Waals surface area contributed by atoms with E-state index in [2.05, 4.69) is 6.92 Å². The van der Waals surface area contributed by atoms with Crippen LogP contribution in [0.2, 0.25) is 0 Å². The van der Waals surface area contributed by atoms with E-state index in [-0.39, 0.29) is 35.0 Å². The summed E-state index contributed by atoms with van der Waals surface area (Å²) in [6.07, 6.45) is 4.23. The summed E-state index contributed by atoms with van der Waals surface area (Å²) in [6, 6.07) is 0. The van der Waals surface area contributed by atoms with E-state index in [1.54, 1.807) is 13.8 Å². The quantitative estimate of drug-likeness (QED) is 0.661. The van der Waals surface area contributed by atoms with E-state index in [9.17, 15) is 19.2 Å². The highest BCUT2D eigenvalue weighted by atomic mass is 16.2. The van der Waals surface area contributed by atoms with E-state index in [0.717, 1.165) is 6.42 Å². The number of carbonyl (C=O) groups is 4. The van der Waals surface area contributed by atoms with E-state index in [0.29, 0.717) is 30.7 Å². The van der Waals surface area contributed by atoms with E-state index in [1.165, 1.54) is 22.0 Å². The van der Waals surface area contributed by atoms with Gasteiger partial charge in [0.15, 0.2) is 0 Å². The number of imide groups is 2. The van der Waals surface area contributed by atoms with Gasteiger partial charge >= 0.3 is 0 Å². The fraction of sp³-hybridized carbons (Fsp3) is 0.579. The Hall–Kier alpha value is -2.24. The van der Waals surface area contributed by atoms with Gasteiger partial charge in [-0.2, -0.15) is 0 Å². The number of nitrogens with zero attached hydrogens (tertiary/aromatic N) is 2. The molecule has 136 valence electrons. The first kappa shape index (κ1) is 19.1. The van der Waals surface area contributed by atoms with Crippen LogP contribution in [-0.4, -0.2) is 46.5 Å². The highest BCUT2D eigenvalue weighted by Crippen LogP contribution is 2.30. The third-order valence-corrected chi connectivity index (χ3v) is 4.71. The molecular formula is C19H26N2O4. The van der Waals surface area contributed by atoms with E-state index in [4.69, 9.17) is 0 Å². The van der Waals surface area contributed by atoms with Crippen LogP contribution in [0.3, 0.4) is 0 Å². The van der Waals surface area contributed by atoms with Crippen molar-refractivity contribution in [2.75, 3.05) is 13.1 Å². The maximum absolute atomic E-state index is 12.0. The average molecular weight is 346 g/mol. The summed E-state index contributed by atoms with van der Waals surface area (Å²) in [4.78, 5) is 50.2. The van der Waals surface area contributed by atoms with Crippen LogP contribution >= 0.6 is 0 Å². The van der Waals surface area contributed by atoms with Crippen LogP contribution in [0.5, 0.6) is 0 Å². The Morgan fingerprint density at radius 1 is 0.920 bits per heavy atom. The van der Waals surface area contributed by atoms with Gasteiger partial charge in [-0.05, 0) is 38.0 Å². The van der Waals surface area contributed by atoms with Crippen LogP contribution in [-0.2, 0) is 19.2 Å². The van der Waals surface area contributed by atoms with Crippen molar-refractivity contribution in [1.29, 1.82) is 0 Å². The minimum atomic E-state index is -0.252. The lowest BCUT2D eigenvalue weighted by atomic mass is 9.81. The monoisotopic (exact) mass is 346 g/mol. The first-order valence-electron chi connectivity index (χ1n) is 8.60. The summed E-state index contributed by atoms with van der Waals surface area (Å²) in [5.74, 6) is -0.688. The van der Waals surface area contributed by atoms with Gasteiger partial charge in [0.25, 0.3) is 23.6 Å². The largest absolute Gasteiger partial charge is 0.275 e. The molecule has 0 radical (unpaired) electrons. The molecule has 2 aliphatic heterocycles. The third-order valence-electron chi connectivity index (χ3n) is 4.71. The molecule has 0 aromatic heterocycles. The van der Waals surface area contributed by atoms with Crippen LogP contribution in [0.25, 0.3) is 0 Å². The van der Waals surface area contributed by atoms with Crippen molar-refractivity contribution in [3.8, 4) is 0 Å². The molecule has 0 aromatic rings. The second-order valence-corrected chi connectivity index (χ2v) is 7.94. The van der Waals surface area contributed by atoms with Crippen molar-refractivity contribution in [3.05, 3.63) is 23.3 Å². The number of hydrogen-bond donors (Lipinski definition) is 0. The van der Waals surface area contributed by atoms with E-state index < -0.39 is 0 Å². The van der Waals surface area contributed by atoms with Crippen LogP contribution in [0, 0.1) is 11.3 Å². The maximum atomic E-state index is 12.0. The molecule has 0 aromatic carbocycles. The summed E-state index contributed by atoms with van der Waals surface area (Å²) in [7, 11) is 0. The minimum absolute atomic E-state index is 0.216. The highest BCUT2D eigenvalue weighted by molar-refractivity contribution is 6.16. The second-order valence-electron chi connectivity index (χ2n) is 7.94. The van der Waals surface area contributed by atoms with Crippen LogP contribution in [0.1, 0.15) is 47.5 Å². The van der Waals surface area contributed by atoms with Crippen LogP contribution in [0.4, 0.5) is 0 Å². The van der Waals surface area contributed by atoms with Crippen molar-refractivity contribution >= 4 is 23.6 Å². The first-order chi connectivity index (χ1) is 11.5. The Balaban J connectivity index is 1.86. The van der Waals surface area contributed by atoms with E-state index in [1.807, 2.05) is 13.8 Å². The molecule has 0 N–H and O–H groups in total. The zero-order valence-corrected chi connectivity index (χ0v) is 15.6. The molecule has 2 heterocycles. The molecular weight excluding hydrogens is 320 g/mol. The predicted octanol–water partition coefficient (Wildman–Crippen LogP) is 2.06. The van der Waals surface area contributed by atoms with Gasteiger partial charge in [-0.25, -0.2) is 0 Å². The number of hydrogen-bond acceptors (Lipinski definition) is 4. The molecule has 4 amide bonds. The molecule has 6 heteroatoms.